The predicted molar refractivity (Wildman–Crippen MR) is 95.3 cm³/mol. The molecule has 0 spiro atoms. The number of hydrogen-bond acceptors (Lipinski definition) is 5. The van der Waals surface area contributed by atoms with E-state index in [0.29, 0.717) is 13.0 Å². The van der Waals surface area contributed by atoms with Crippen LogP contribution in [0.4, 0.5) is 0 Å². The molecule has 1 atom stereocenters. The fraction of sp³-hybridized carbons (Fsp3) is 0.529. The minimum absolute atomic E-state index is 0. The Morgan fingerprint density at radius 1 is 1.25 bits per heavy atom. The highest BCUT2D eigenvalue weighted by atomic mass is 35.5. The first kappa shape index (κ1) is 22.2. The molecule has 24 heavy (non-hydrogen) atoms. The number of nitrogens with two attached hydrogens (primary N) is 1. The summed E-state index contributed by atoms with van der Waals surface area (Å²) in [6, 6.07) is 7.51. The number of ether oxygens (including phenoxy) is 2. The van der Waals surface area contributed by atoms with Crippen molar-refractivity contribution in [1.29, 1.82) is 0 Å². The molecule has 0 bridgehead atoms. The lowest BCUT2D eigenvalue weighted by Gasteiger charge is -2.21. The highest BCUT2D eigenvalue weighted by Crippen LogP contribution is 2.16. The van der Waals surface area contributed by atoms with Crippen LogP contribution in [0.2, 0.25) is 0 Å². The summed E-state index contributed by atoms with van der Waals surface area (Å²) in [7, 11) is 1.34. The first-order valence-electron chi connectivity index (χ1n) is 7.64. The fourth-order valence-corrected chi connectivity index (χ4v) is 2.02. The fourth-order valence-electron chi connectivity index (χ4n) is 2.02. The van der Waals surface area contributed by atoms with E-state index in [2.05, 4.69) is 5.32 Å². The largest absolute Gasteiger partial charge is 0.494 e. The summed E-state index contributed by atoms with van der Waals surface area (Å²) in [5, 5.41) is 2.70. The van der Waals surface area contributed by atoms with Crippen molar-refractivity contribution in [3.8, 4) is 5.75 Å². The van der Waals surface area contributed by atoms with E-state index >= 15 is 0 Å². The molecule has 1 amide bonds. The maximum Gasteiger partial charge on any atom is 0.310 e. The molecule has 7 heteroatoms. The summed E-state index contributed by atoms with van der Waals surface area (Å²) in [6.45, 7) is 5.93. The van der Waals surface area contributed by atoms with Gasteiger partial charge in [0.25, 0.3) is 0 Å². The van der Waals surface area contributed by atoms with Crippen LogP contribution in [-0.4, -0.2) is 37.7 Å². The summed E-state index contributed by atoms with van der Waals surface area (Å²) in [5.41, 5.74) is 5.71. The van der Waals surface area contributed by atoms with Gasteiger partial charge in [-0.25, -0.2) is 0 Å². The zero-order chi connectivity index (χ0) is 17.5. The lowest BCUT2D eigenvalue weighted by Crippen LogP contribution is -2.50. The van der Waals surface area contributed by atoms with Crippen LogP contribution >= 0.6 is 12.4 Å². The van der Waals surface area contributed by atoms with Gasteiger partial charge < -0.3 is 20.5 Å². The topological polar surface area (TPSA) is 90.6 Å². The highest BCUT2D eigenvalue weighted by molar-refractivity contribution is 5.86. The number of amides is 1. The van der Waals surface area contributed by atoms with Crippen molar-refractivity contribution in [1.82, 2.24) is 5.32 Å². The minimum atomic E-state index is -0.986. The molecule has 1 unspecified atom stereocenters. The van der Waals surface area contributed by atoms with Crippen LogP contribution < -0.4 is 15.8 Å². The van der Waals surface area contributed by atoms with Crippen molar-refractivity contribution < 1.29 is 19.1 Å². The van der Waals surface area contributed by atoms with Gasteiger partial charge in [-0.3, -0.25) is 9.59 Å². The molecule has 0 aliphatic rings. The minimum Gasteiger partial charge on any atom is -0.494 e. The van der Waals surface area contributed by atoms with Crippen LogP contribution in [0, 0.1) is 5.92 Å². The van der Waals surface area contributed by atoms with Gasteiger partial charge in [0.2, 0.25) is 5.91 Å². The van der Waals surface area contributed by atoms with E-state index in [1.54, 1.807) is 13.8 Å². The number of rotatable bonds is 8. The summed E-state index contributed by atoms with van der Waals surface area (Å²) in [5.74, 6) is -0.361. The zero-order valence-corrected chi connectivity index (χ0v) is 15.4. The van der Waals surface area contributed by atoms with Gasteiger partial charge in [0.05, 0.1) is 25.2 Å². The van der Waals surface area contributed by atoms with Crippen molar-refractivity contribution >= 4 is 24.3 Å². The zero-order valence-electron chi connectivity index (χ0n) is 14.6. The molecule has 136 valence electrons. The van der Waals surface area contributed by atoms with E-state index in [-0.39, 0.29) is 30.8 Å². The van der Waals surface area contributed by atoms with Crippen LogP contribution in [0.15, 0.2) is 24.3 Å². The Balaban J connectivity index is 0.00000529. The van der Waals surface area contributed by atoms with Crippen LogP contribution in [0.5, 0.6) is 5.75 Å². The Labute approximate surface area is 149 Å². The SMILES string of the molecule is CCOc1ccc(CC(CNC(=O)C(C)(C)N)C(=O)OC)cc1.Cl. The number of halogens is 1. The number of carbonyl (C=O) groups is 2. The second kappa shape index (κ2) is 10.2. The van der Waals surface area contributed by atoms with Crippen molar-refractivity contribution in [3.63, 3.8) is 0 Å². The number of nitrogens with one attached hydrogen (secondary N) is 1. The van der Waals surface area contributed by atoms with E-state index in [4.69, 9.17) is 15.2 Å². The van der Waals surface area contributed by atoms with E-state index < -0.39 is 11.5 Å². The van der Waals surface area contributed by atoms with Crippen molar-refractivity contribution in [2.24, 2.45) is 11.7 Å². The van der Waals surface area contributed by atoms with Gasteiger partial charge in [0, 0.05) is 6.54 Å². The molecule has 0 aromatic heterocycles. The molecule has 1 rings (SSSR count). The lowest BCUT2D eigenvalue weighted by atomic mass is 9.98. The molecule has 6 nitrogen and oxygen atoms in total. The molecule has 0 heterocycles. The smallest absolute Gasteiger partial charge is 0.310 e. The number of carbonyl (C=O) groups excluding carboxylic acids is 2. The number of hydrogen-bond donors (Lipinski definition) is 2. The molecular formula is C17H27ClN2O4. The average Bonchev–Trinajstić information content (AvgIpc) is 2.51. The van der Waals surface area contributed by atoms with Crippen molar-refractivity contribution in [2.75, 3.05) is 20.3 Å². The van der Waals surface area contributed by atoms with Crippen LogP contribution in [-0.2, 0) is 20.7 Å². The van der Waals surface area contributed by atoms with Gasteiger partial charge in [0.1, 0.15) is 5.75 Å². The lowest BCUT2D eigenvalue weighted by molar-refractivity contribution is -0.145. The van der Waals surface area contributed by atoms with Gasteiger partial charge in [-0.05, 0) is 44.9 Å². The Bertz CT molecular complexity index is 526. The molecule has 3 N–H and O–H groups in total. The summed E-state index contributed by atoms with van der Waals surface area (Å²) in [4.78, 5) is 23.8. The molecule has 0 fully saturated rings. The second-order valence-corrected chi connectivity index (χ2v) is 5.93. The number of benzene rings is 1. The molecule has 0 radical (unpaired) electrons. The third-order valence-corrected chi connectivity index (χ3v) is 3.35. The first-order valence-corrected chi connectivity index (χ1v) is 7.64. The van der Waals surface area contributed by atoms with Crippen LogP contribution in [0.25, 0.3) is 0 Å². The van der Waals surface area contributed by atoms with Gasteiger partial charge in [-0.2, -0.15) is 0 Å². The summed E-state index contributed by atoms with van der Waals surface area (Å²) in [6.07, 6.45) is 0.463. The van der Waals surface area contributed by atoms with Crippen LogP contribution in [0.3, 0.4) is 0 Å². The summed E-state index contributed by atoms with van der Waals surface area (Å²) < 4.78 is 10.2. The number of esters is 1. The molecule has 1 aromatic carbocycles. The Kier molecular flexibility index (Phi) is 9.40. The third kappa shape index (κ3) is 7.19. The average molecular weight is 359 g/mol. The molecule has 0 aliphatic carbocycles. The van der Waals surface area contributed by atoms with E-state index in [9.17, 15) is 9.59 Å². The van der Waals surface area contributed by atoms with Gasteiger partial charge in [0.15, 0.2) is 0 Å². The van der Waals surface area contributed by atoms with E-state index in [0.717, 1.165) is 11.3 Å². The predicted octanol–water partition coefficient (Wildman–Crippen LogP) is 1.69. The van der Waals surface area contributed by atoms with Gasteiger partial charge in [-0.1, -0.05) is 12.1 Å². The molecular weight excluding hydrogens is 332 g/mol. The molecule has 0 saturated heterocycles. The standard InChI is InChI=1S/C17H26N2O4.ClH/c1-5-23-14-8-6-12(7-9-14)10-13(15(20)22-4)11-19-16(21)17(2,3)18;/h6-9,13H,5,10-11,18H2,1-4H3,(H,19,21);1H. The van der Waals surface area contributed by atoms with Crippen molar-refractivity contribution in [2.45, 2.75) is 32.7 Å². The normalized spacial score (nSPS) is 11.9. The maximum absolute atomic E-state index is 11.9. The molecule has 0 aliphatic heterocycles. The van der Waals surface area contributed by atoms with Gasteiger partial charge >= 0.3 is 5.97 Å². The monoisotopic (exact) mass is 358 g/mol. The van der Waals surface area contributed by atoms with E-state index in [1.165, 1.54) is 7.11 Å². The van der Waals surface area contributed by atoms with E-state index in [1.807, 2.05) is 31.2 Å². The highest BCUT2D eigenvalue weighted by Gasteiger charge is 2.25. The first-order chi connectivity index (χ1) is 10.8. The van der Waals surface area contributed by atoms with Crippen molar-refractivity contribution in [3.05, 3.63) is 29.8 Å². The summed E-state index contributed by atoms with van der Waals surface area (Å²) >= 11 is 0. The second-order valence-electron chi connectivity index (χ2n) is 5.93. The van der Waals surface area contributed by atoms with Crippen LogP contribution in [0.1, 0.15) is 26.3 Å². The molecule has 0 saturated carbocycles. The third-order valence-electron chi connectivity index (χ3n) is 3.35. The maximum atomic E-state index is 11.9. The number of methoxy groups -OCH3 is 1. The molecule has 1 aromatic rings. The Morgan fingerprint density at radius 2 is 1.83 bits per heavy atom. The Hall–Kier alpha value is -1.79. The van der Waals surface area contributed by atoms with Gasteiger partial charge in [-0.15, -0.1) is 12.4 Å². The quantitative estimate of drug-likeness (QED) is 0.690. The Morgan fingerprint density at radius 3 is 2.29 bits per heavy atom.